The molecular formula is C13H18N2O2S. The summed E-state index contributed by atoms with van der Waals surface area (Å²) in [5.41, 5.74) is 1.15. The molecule has 1 aromatic rings. The van der Waals surface area contributed by atoms with Gasteiger partial charge in [-0.15, -0.1) is 0 Å². The summed E-state index contributed by atoms with van der Waals surface area (Å²) in [5.74, 6) is 0. The van der Waals surface area contributed by atoms with Crippen molar-refractivity contribution < 1.29 is 4.92 Å². The molecule has 1 aromatic carbocycles. The molecule has 0 spiro atoms. The lowest BCUT2D eigenvalue weighted by Crippen LogP contribution is -2.26. The van der Waals surface area contributed by atoms with E-state index in [1.807, 2.05) is 17.8 Å². The van der Waals surface area contributed by atoms with Crippen LogP contribution in [0.5, 0.6) is 0 Å². The van der Waals surface area contributed by atoms with Crippen molar-refractivity contribution >= 4 is 17.4 Å². The van der Waals surface area contributed by atoms with Crippen molar-refractivity contribution in [3.05, 3.63) is 39.9 Å². The van der Waals surface area contributed by atoms with Gasteiger partial charge >= 0.3 is 0 Å². The zero-order valence-corrected chi connectivity index (χ0v) is 11.3. The Morgan fingerprint density at radius 1 is 1.50 bits per heavy atom. The topological polar surface area (TPSA) is 55.2 Å². The van der Waals surface area contributed by atoms with E-state index >= 15 is 0 Å². The third-order valence-electron chi connectivity index (χ3n) is 3.43. The summed E-state index contributed by atoms with van der Waals surface area (Å²) in [7, 11) is 0. The highest BCUT2D eigenvalue weighted by Crippen LogP contribution is 2.28. The number of thioether (sulfide) groups is 1. The molecule has 1 saturated carbocycles. The Bertz CT molecular complexity index is 425. The largest absolute Gasteiger partial charge is 0.310 e. The van der Waals surface area contributed by atoms with E-state index in [0.29, 0.717) is 12.6 Å². The van der Waals surface area contributed by atoms with Gasteiger partial charge in [0.2, 0.25) is 0 Å². The van der Waals surface area contributed by atoms with E-state index in [4.69, 9.17) is 0 Å². The lowest BCUT2D eigenvalue weighted by Gasteiger charge is -2.12. The minimum Gasteiger partial charge on any atom is -0.310 e. The Morgan fingerprint density at radius 3 is 3.00 bits per heavy atom. The summed E-state index contributed by atoms with van der Waals surface area (Å²) < 4.78 is 0. The van der Waals surface area contributed by atoms with Crippen molar-refractivity contribution in [3.8, 4) is 0 Å². The number of rotatable bonds is 5. The molecule has 2 unspecified atom stereocenters. The van der Waals surface area contributed by atoms with Crippen LogP contribution in [0.4, 0.5) is 5.69 Å². The molecule has 0 aliphatic heterocycles. The quantitative estimate of drug-likeness (QED) is 0.657. The van der Waals surface area contributed by atoms with Gasteiger partial charge in [0.05, 0.1) is 4.92 Å². The summed E-state index contributed by atoms with van der Waals surface area (Å²) in [6.07, 6.45) is 5.85. The molecule has 1 aliphatic rings. The predicted octanol–water partition coefficient (Wildman–Crippen LogP) is 2.97. The fourth-order valence-electron chi connectivity index (χ4n) is 2.38. The molecule has 5 heteroatoms. The summed E-state index contributed by atoms with van der Waals surface area (Å²) in [6.45, 7) is 0.716. The molecule has 2 rings (SSSR count). The minimum absolute atomic E-state index is 0.169. The molecule has 1 fully saturated rings. The van der Waals surface area contributed by atoms with Crippen LogP contribution in [0.1, 0.15) is 24.8 Å². The SMILES string of the molecule is CSC1CCC(NCc2cccc([N+](=O)[O-])c2)C1. The molecule has 0 heterocycles. The number of non-ortho nitro benzene ring substituents is 1. The molecule has 0 bridgehead atoms. The van der Waals surface area contributed by atoms with E-state index in [2.05, 4.69) is 11.6 Å². The van der Waals surface area contributed by atoms with E-state index in [0.717, 1.165) is 10.8 Å². The van der Waals surface area contributed by atoms with Crippen molar-refractivity contribution in [2.45, 2.75) is 37.1 Å². The number of hydrogen-bond acceptors (Lipinski definition) is 4. The smallest absolute Gasteiger partial charge is 0.269 e. The number of nitro benzene ring substituents is 1. The van der Waals surface area contributed by atoms with Gasteiger partial charge in [-0.1, -0.05) is 12.1 Å². The summed E-state index contributed by atoms with van der Waals surface area (Å²) in [5, 5.41) is 14.9. The Balaban J connectivity index is 1.87. The number of nitrogens with one attached hydrogen (secondary N) is 1. The highest BCUT2D eigenvalue weighted by atomic mass is 32.2. The van der Waals surface area contributed by atoms with Crippen LogP contribution in [0, 0.1) is 10.1 Å². The van der Waals surface area contributed by atoms with Gasteiger partial charge in [0.25, 0.3) is 5.69 Å². The molecule has 0 aromatic heterocycles. The standard InChI is InChI=1S/C13H18N2O2S/c1-18-13-6-5-11(8-13)14-9-10-3-2-4-12(7-10)15(16)17/h2-4,7,11,13-14H,5-6,8-9H2,1H3. The van der Waals surface area contributed by atoms with Crippen LogP contribution in [0.15, 0.2) is 24.3 Å². The highest BCUT2D eigenvalue weighted by molar-refractivity contribution is 7.99. The van der Waals surface area contributed by atoms with E-state index in [1.54, 1.807) is 12.1 Å². The van der Waals surface area contributed by atoms with Crippen LogP contribution in [0.2, 0.25) is 0 Å². The van der Waals surface area contributed by atoms with Gasteiger partial charge in [-0.05, 0) is 31.1 Å². The maximum Gasteiger partial charge on any atom is 0.269 e. The summed E-state index contributed by atoms with van der Waals surface area (Å²) >= 11 is 1.93. The molecule has 0 amide bonds. The van der Waals surface area contributed by atoms with Crippen LogP contribution < -0.4 is 5.32 Å². The molecule has 18 heavy (non-hydrogen) atoms. The first-order valence-corrected chi connectivity index (χ1v) is 7.47. The first-order valence-electron chi connectivity index (χ1n) is 6.18. The summed E-state index contributed by atoms with van der Waals surface area (Å²) in [6, 6.07) is 7.41. The van der Waals surface area contributed by atoms with Gasteiger partial charge in [-0.2, -0.15) is 11.8 Å². The predicted molar refractivity (Wildman–Crippen MR) is 74.9 cm³/mol. The van der Waals surface area contributed by atoms with Crippen LogP contribution in [-0.4, -0.2) is 22.5 Å². The fraction of sp³-hybridized carbons (Fsp3) is 0.538. The first-order chi connectivity index (χ1) is 8.69. The maximum absolute atomic E-state index is 10.7. The number of nitro groups is 1. The van der Waals surface area contributed by atoms with E-state index < -0.39 is 0 Å². The van der Waals surface area contributed by atoms with E-state index in [1.165, 1.54) is 25.3 Å². The van der Waals surface area contributed by atoms with Crippen molar-refractivity contribution in [2.75, 3.05) is 6.26 Å². The van der Waals surface area contributed by atoms with Crippen LogP contribution in [0.3, 0.4) is 0 Å². The number of nitrogens with zero attached hydrogens (tertiary/aromatic N) is 1. The molecule has 98 valence electrons. The Kier molecular flexibility index (Phi) is 4.60. The molecule has 0 saturated heterocycles. The van der Waals surface area contributed by atoms with Gasteiger partial charge in [0.15, 0.2) is 0 Å². The molecule has 0 radical (unpaired) electrons. The molecule has 1 aliphatic carbocycles. The van der Waals surface area contributed by atoms with Crippen LogP contribution >= 0.6 is 11.8 Å². The second-order valence-corrected chi connectivity index (χ2v) is 5.81. The third kappa shape index (κ3) is 3.46. The number of hydrogen-bond donors (Lipinski definition) is 1. The molecular weight excluding hydrogens is 248 g/mol. The van der Waals surface area contributed by atoms with Crippen molar-refractivity contribution in [1.29, 1.82) is 0 Å². The van der Waals surface area contributed by atoms with Gasteiger partial charge in [-0.25, -0.2) is 0 Å². The third-order valence-corrected chi connectivity index (χ3v) is 4.53. The van der Waals surface area contributed by atoms with E-state index in [9.17, 15) is 10.1 Å². The molecule has 2 atom stereocenters. The lowest BCUT2D eigenvalue weighted by atomic mass is 10.2. The Labute approximate surface area is 111 Å². The average Bonchev–Trinajstić information content (AvgIpc) is 2.84. The Morgan fingerprint density at radius 2 is 2.33 bits per heavy atom. The zero-order valence-electron chi connectivity index (χ0n) is 10.5. The summed E-state index contributed by atoms with van der Waals surface area (Å²) in [4.78, 5) is 10.3. The maximum atomic E-state index is 10.7. The van der Waals surface area contributed by atoms with Crippen molar-refractivity contribution in [2.24, 2.45) is 0 Å². The second-order valence-electron chi connectivity index (χ2n) is 4.68. The average molecular weight is 266 g/mol. The van der Waals surface area contributed by atoms with Gasteiger partial charge in [0.1, 0.15) is 0 Å². The van der Waals surface area contributed by atoms with Crippen molar-refractivity contribution in [1.82, 2.24) is 5.32 Å². The normalized spacial score (nSPS) is 23.2. The van der Waals surface area contributed by atoms with Gasteiger partial charge in [-0.3, -0.25) is 10.1 Å². The minimum atomic E-state index is -0.344. The Hall–Kier alpha value is -1.07. The fourth-order valence-corrected chi connectivity index (χ4v) is 3.18. The first kappa shape index (κ1) is 13.4. The van der Waals surface area contributed by atoms with Crippen LogP contribution in [-0.2, 0) is 6.54 Å². The van der Waals surface area contributed by atoms with Gasteiger partial charge in [0, 0.05) is 30.0 Å². The van der Waals surface area contributed by atoms with Crippen LogP contribution in [0.25, 0.3) is 0 Å². The van der Waals surface area contributed by atoms with Crippen molar-refractivity contribution in [3.63, 3.8) is 0 Å². The van der Waals surface area contributed by atoms with Gasteiger partial charge < -0.3 is 5.32 Å². The monoisotopic (exact) mass is 266 g/mol. The highest BCUT2D eigenvalue weighted by Gasteiger charge is 2.23. The lowest BCUT2D eigenvalue weighted by molar-refractivity contribution is -0.384. The zero-order chi connectivity index (χ0) is 13.0. The molecule has 1 N–H and O–H groups in total. The second kappa shape index (κ2) is 6.20. The molecule has 4 nitrogen and oxygen atoms in total. The number of benzene rings is 1. The van der Waals surface area contributed by atoms with E-state index in [-0.39, 0.29) is 10.6 Å².